The minimum Gasteiger partial charge on any atom is -0.460 e. The van der Waals surface area contributed by atoms with E-state index in [1.54, 1.807) is 6.92 Å². The smallest absolute Gasteiger partial charge is 0.407 e. The molecule has 5 nitrogen and oxygen atoms in total. The van der Waals surface area contributed by atoms with Gasteiger partial charge in [-0.2, -0.15) is 0 Å². The highest BCUT2D eigenvalue weighted by molar-refractivity contribution is 5.86. The summed E-state index contributed by atoms with van der Waals surface area (Å²) in [7, 11) is 0. The number of amides is 1. The van der Waals surface area contributed by atoms with Gasteiger partial charge in [0.05, 0.1) is 13.2 Å². The number of ether oxygens (including phenoxy) is 2. The van der Waals surface area contributed by atoms with E-state index in [-0.39, 0.29) is 13.2 Å². The predicted octanol–water partition coefficient (Wildman–Crippen LogP) is 1.24. The van der Waals surface area contributed by atoms with Crippen LogP contribution < -0.4 is 5.32 Å². The quantitative estimate of drug-likeness (QED) is 0.411. The summed E-state index contributed by atoms with van der Waals surface area (Å²) in [5, 5.41) is 2.44. The van der Waals surface area contributed by atoms with Crippen LogP contribution >= 0.6 is 0 Å². The minimum absolute atomic E-state index is 0.118. The van der Waals surface area contributed by atoms with Crippen molar-refractivity contribution >= 4 is 12.1 Å². The van der Waals surface area contributed by atoms with Gasteiger partial charge in [-0.15, -0.1) is 0 Å². The lowest BCUT2D eigenvalue weighted by atomic mass is 10.4. The summed E-state index contributed by atoms with van der Waals surface area (Å²) in [6.45, 7) is 7.63. The molecule has 0 aliphatic carbocycles. The molecule has 0 aliphatic rings. The molecule has 0 spiro atoms. The number of hydrogen-bond donors (Lipinski definition) is 1. The average molecular weight is 215 g/mol. The highest BCUT2D eigenvalue weighted by atomic mass is 16.6. The van der Waals surface area contributed by atoms with Crippen molar-refractivity contribution in [2.75, 3.05) is 19.8 Å². The van der Waals surface area contributed by atoms with Gasteiger partial charge in [0.2, 0.25) is 0 Å². The summed E-state index contributed by atoms with van der Waals surface area (Å²) < 4.78 is 9.49. The van der Waals surface area contributed by atoms with E-state index in [0.29, 0.717) is 12.2 Å². The molecule has 0 atom stereocenters. The first kappa shape index (κ1) is 13.5. The third kappa shape index (κ3) is 7.54. The zero-order chi connectivity index (χ0) is 11.7. The molecule has 0 saturated carbocycles. The first-order chi connectivity index (χ1) is 7.07. The molecule has 0 heterocycles. The molecule has 0 unspecified atom stereocenters. The molecule has 0 rings (SSSR count). The molecule has 0 aromatic rings. The van der Waals surface area contributed by atoms with Crippen LogP contribution in [0.25, 0.3) is 0 Å². The molecular weight excluding hydrogens is 198 g/mol. The van der Waals surface area contributed by atoms with Gasteiger partial charge < -0.3 is 14.8 Å². The van der Waals surface area contributed by atoms with Crippen LogP contribution in [0.2, 0.25) is 0 Å². The molecule has 0 saturated heterocycles. The van der Waals surface area contributed by atoms with Gasteiger partial charge >= 0.3 is 12.1 Å². The Morgan fingerprint density at radius 2 is 1.93 bits per heavy atom. The van der Waals surface area contributed by atoms with Crippen LogP contribution in [0, 0.1) is 0 Å². The second-order valence-corrected chi connectivity index (χ2v) is 2.98. The van der Waals surface area contributed by atoms with E-state index in [9.17, 15) is 9.59 Å². The number of nitrogens with one attached hydrogen (secondary N) is 1. The number of carbonyl (C=O) groups excluding carboxylic acids is 2. The van der Waals surface area contributed by atoms with Crippen molar-refractivity contribution in [3.63, 3.8) is 0 Å². The van der Waals surface area contributed by atoms with Crippen molar-refractivity contribution < 1.29 is 19.1 Å². The van der Waals surface area contributed by atoms with Gasteiger partial charge in [0, 0.05) is 5.57 Å². The highest BCUT2D eigenvalue weighted by Crippen LogP contribution is 1.90. The number of esters is 1. The topological polar surface area (TPSA) is 64.6 Å². The summed E-state index contributed by atoms with van der Waals surface area (Å²) in [4.78, 5) is 21.8. The van der Waals surface area contributed by atoms with Crippen LogP contribution in [0.4, 0.5) is 4.79 Å². The fraction of sp³-hybridized carbons (Fsp3) is 0.600. The van der Waals surface area contributed by atoms with Crippen molar-refractivity contribution in [2.45, 2.75) is 20.3 Å². The largest absolute Gasteiger partial charge is 0.460 e. The lowest BCUT2D eigenvalue weighted by Crippen LogP contribution is -2.28. The average Bonchev–Trinajstić information content (AvgIpc) is 2.20. The first-order valence-corrected chi connectivity index (χ1v) is 4.81. The number of hydrogen-bond acceptors (Lipinski definition) is 4. The third-order valence-corrected chi connectivity index (χ3v) is 1.39. The third-order valence-electron chi connectivity index (χ3n) is 1.39. The normalized spacial score (nSPS) is 9.20. The van der Waals surface area contributed by atoms with E-state index >= 15 is 0 Å². The molecule has 0 aromatic carbocycles. The molecule has 15 heavy (non-hydrogen) atoms. The van der Waals surface area contributed by atoms with Crippen LogP contribution in [0.5, 0.6) is 0 Å². The SMILES string of the molecule is C=C(C)C(=O)OCCNC(=O)OCCC. The number of rotatable bonds is 6. The Bertz CT molecular complexity index is 238. The fourth-order valence-electron chi connectivity index (χ4n) is 0.666. The maximum absolute atomic E-state index is 10.9. The van der Waals surface area contributed by atoms with Crippen LogP contribution in [-0.4, -0.2) is 31.8 Å². The summed E-state index contributed by atoms with van der Waals surface area (Å²) in [5.74, 6) is -0.460. The van der Waals surface area contributed by atoms with Crippen LogP contribution in [-0.2, 0) is 14.3 Å². The van der Waals surface area contributed by atoms with Crippen LogP contribution in [0.15, 0.2) is 12.2 Å². The van der Waals surface area contributed by atoms with Crippen LogP contribution in [0.3, 0.4) is 0 Å². The maximum Gasteiger partial charge on any atom is 0.407 e. The van der Waals surface area contributed by atoms with E-state index in [4.69, 9.17) is 9.47 Å². The van der Waals surface area contributed by atoms with Crippen molar-refractivity contribution in [3.05, 3.63) is 12.2 Å². The van der Waals surface area contributed by atoms with Gasteiger partial charge in [0.1, 0.15) is 6.61 Å². The van der Waals surface area contributed by atoms with E-state index in [1.807, 2.05) is 6.92 Å². The van der Waals surface area contributed by atoms with E-state index in [0.717, 1.165) is 6.42 Å². The molecule has 0 aliphatic heterocycles. The lowest BCUT2D eigenvalue weighted by Gasteiger charge is -2.06. The fourth-order valence-corrected chi connectivity index (χ4v) is 0.666. The molecule has 86 valence electrons. The molecule has 1 amide bonds. The summed E-state index contributed by atoms with van der Waals surface area (Å²) in [6.07, 6.45) is 0.279. The minimum atomic E-state index is -0.497. The first-order valence-electron chi connectivity index (χ1n) is 4.81. The molecule has 5 heteroatoms. The Morgan fingerprint density at radius 3 is 2.47 bits per heavy atom. The van der Waals surface area contributed by atoms with Crippen molar-refractivity contribution in [3.8, 4) is 0 Å². The van der Waals surface area contributed by atoms with E-state index in [1.165, 1.54) is 0 Å². The van der Waals surface area contributed by atoms with E-state index in [2.05, 4.69) is 11.9 Å². The van der Waals surface area contributed by atoms with E-state index < -0.39 is 12.1 Å². The van der Waals surface area contributed by atoms with Gasteiger partial charge in [-0.3, -0.25) is 0 Å². The van der Waals surface area contributed by atoms with Crippen LogP contribution in [0.1, 0.15) is 20.3 Å². The monoisotopic (exact) mass is 215 g/mol. The standard InChI is InChI=1S/C10H17NO4/c1-4-6-15-10(13)11-5-7-14-9(12)8(2)3/h2,4-7H2,1,3H3,(H,11,13). The zero-order valence-electron chi connectivity index (χ0n) is 9.17. The van der Waals surface area contributed by atoms with Gasteiger partial charge in [0.15, 0.2) is 0 Å². The van der Waals surface area contributed by atoms with Crippen molar-refractivity contribution in [1.82, 2.24) is 5.32 Å². The maximum atomic E-state index is 10.9. The Hall–Kier alpha value is -1.52. The summed E-state index contributed by atoms with van der Waals surface area (Å²) in [5.41, 5.74) is 0.337. The predicted molar refractivity (Wildman–Crippen MR) is 55.4 cm³/mol. The molecule has 0 fully saturated rings. The molecule has 1 N–H and O–H groups in total. The molecule has 0 radical (unpaired) electrons. The van der Waals surface area contributed by atoms with Crippen molar-refractivity contribution in [2.24, 2.45) is 0 Å². The molecule has 0 aromatic heterocycles. The highest BCUT2D eigenvalue weighted by Gasteiger charge is 2.03. The Kier molecular flexibility index (Phi) is 7.05. The van der Waals surface area contributed by atoms with Gasteiger partial charge in [-0.05, 0) is 13.3 Å². The number of carbonyl (C=O) groups is 2. The Balaban J connectivity index is 3.42. The van der Waals surface area contributed by atoms with Gasteiger partial charge in [0.25, 0.3) is 0 Å². The summed E-state index contributed by atoms with van der Waals surface area (Å²) >= 11 is 0. The molecular formula is C10H17NO4. The Morgan fingerprint density at radius 1 is 1.27 bits per heavy atom. The van der Waals surface area contributed by atoms with Crippen molar-refractivity contribution in [1.29, 1.82) is 0 Å². The summed E-state index contributed by atoms with van der Waals surface area (Å²) in [6, 6.07) is 0. The second-order valence-electron chi connectivity index (χ2n) is 2.98. The number of alkyl carbamates (subject to hydrolysis) is 1. The van der Waals surface area contributed by atoms with Gasteiger partial charge in [-0.25, -0.2) is 9.59 Å². The zero-order valence-corrected chi connectivity index (χ0v) is 9.17. The molecule has 0 bridgehead atoms. The second kappa shape index (κ2) is 7.84. The Labute approximate surface area is 89.4 Å². The van der Waals surface area contributed by atoms with Gasteiger partial charge in [-0.1, -0.05) is 13.5 Å². The lowest BCUT2D eigenvalue weighted by molar-refractivity contribution is -0.138.